The molecule has 1 saturated heterocycles. The molecule has 1 aliphatic rings. The highest BCUT2D eigenvalue weighted by Gasteiger charge is 2.13. The molecule has 1 fully saturated rings. The van der Waals surface area contributed by atoms with Crippen molar-refractivity contribution in [3.05, 3.63) is 0 Å². The number of unbranched alkanes of at least 4 members (excludes halogenated alkanes) is 19. The molecule has 0 saturated carbocycles. The number of hydrogen-bond donors (Lipinski definition) is 0. The highest BCUT2D eigenvalue weighted by molar-refractivity contribution is 6.37. The van der Waals surface area contributed by atoms with E-state index in [9.17, 15) is 0 Å². The van der Waals surface area contributed by atoms with Gasteiger partial charge in [-0.2, -0.15) is 0 Å². The monoisotopic (exact) mass is 454 g/mol. The molecule has 0 N–H and O–H groups in total. The Labute approximate surface area is 198 Å². The summed E-state index contributed by atoms with van der Waals surface area (Å²) in [6.45, 7) is 4.28. The lowest BCUT2D eigenvalue weighted by atomic mass is 10.0. The Hall–Kier alpha value is 0.137. The maximum Gasteiger partial charge on any atom is 0.0860 e. The van der Waals surface area contributed by atoms with Gasteiger partial charge in [-0.15, -0.1) is 0 Å². The molecule has 0 radical (unpaired) electrons. The van der Waals surface area contributed by atoms with Crippen LogP contribution in [-0.4, -0.2) is 34.7 Å². The second-order valence-corrected chi connectivity index (χ2v) is 12.0. The van der Waals surface area contributed by atoms with Gasteiger partial charge in [-0.3, -0.25) is 0 Å². The van der Waals surface area contributed by atoms with E-state index in [4.69, 9.17) is 9.47 Å². The first-order chi connectivity index (χ1) is 15.4. The van der Waals surface area contributed by atoms with Crippen molar-refractivity contribution in [3.63, 3.8) is 0 Å². The molecule has 2 nitrogen and oxygen atoms in total. The van der Waals surface area contributed by atoms with Crippen LogP contribution in [0.3, 0.4) is 0 Å². The highest BCUT2D eigenvalue weighted by Crippen LogP contribution is 2.15. The van der Waals surface area contributed by atoms with Crippen LogP contribution in [0.15, 0.2) is 0 Å². The summed E-state index contributed by atoms with van der Waals surface area (Å²) >= 11 is 0. The van der Waals surface area contributed by atoms with Crippen molar-refractivity contribution in [3.8, 4) is 0 Å². The molecule has 31 heavy (non-hydrogen) atoms. The Balaban J connectivity index is 1.62. The molecule has 0 bridgehead atoms. The maximum absolute atomic E-state index is 5.86. The summed E-state index contributed by atoms with van der Waals surface area (Å²) in [7, 11) is -0.150. The van der Waals surface area contributed by atoms with Crippen LogP contribution in [-0.2, 0) is 9.47 Å². The predicted octanol–water partition coefficient (Wildman–Crippen LogP) is 8.48. The van der Waals surface area contributed by atoms with E-state index in [0.717, 1.165) is 19.4 Å². The van der Waals surface area contributed by atoms with Gasteiger partial charge in [0, 0.05) is 25.2 Å². The third-order valence-corrected chi connectivity index (χ3v) is 8.81. The molecule has 0 aromatic carbocycles. The lowest BCUT2D eigenvalue weighted by Gasteiger charge is -2.21. The van der Waals surface area contributed by atoms with Gasteiger partial charge in [0.25, 0.3) is 0 Å². The fraction of sp³-hybridized carbons (Fsp3) is 1.00. The van der Waals surface area contributed by atoms with Crippen LogP contribution >= 0.6 is 0 Å². The highest BCUT2D eigenvalue weighted by atomic mass is 28.2. The lowest BCUT2D eigenvalue weighted by Crippen LogP contribution is -2.28. The van der Waals surface area contributed by atoms with Gasteiger partial charge >= 0.3 is 0 Å². The third kappa shape index (κ3) is 21.7. The summed E-state index contributed by atoms with van der Waals surface area (Å²) < 4.78 is 11.7. The zero-order chi connectivity index (χ0) is 22.1. The molecular weight excluding hydrogens is 396 g/mol. The number of hydrogen-bond acceptors (Lipinski definition) is 2. The molecular formula is C28H58O2Si. The molecule has 1 heterocycles. The summed E-state index contributed by atoms with van der Waals surface area (Å²) in [6, 6.07) is 0. The van der Waals surface area contributed by atoms with Gasteiger partial charge < -0.3 is 9.47 Å². The largest absolute Gasteiger partial charge is 0.385 e. The number of ether oxygens (including phenoxy) is 2. The van der Waals surface area contributed by atoms with E-state index in [2.05, 4.69) is 6.92 Å². The Morgan fingerprint density at radius 1 is 0.613 bits per heavy atom. The molecule has 1 aliphatic heterocycles. The van der Waals surface area contributed by atoms with Crippen LogP contribution in [0.4, 0.5) is 0 Å². The molecule has 0 aromatic heterocycles. The van der Waals surface area contributed by atoms with Crippen molar-refractivity contribution in [2.75, 3.05) is 19.4 Å². The van der Waals surface area contributed by atoms with E-state index in [-0.39, 0.29) is 9.52 Å². The first-order valence-corrected chi connectivity index (χ1v) is 16.4. The van der Waals surface area contributed by atoms with Crippen LogP contribution in [0.2, 0.25) is 0 Å². The zero-order valence-corrected chi connectivity index (χ0v) is 22.9. The molecule has 1 rings (SSSR count). The van der Waals surface area contributed by atoms with Gasteiger partial charge in [0.05, 0.1) is 9.52 Å². The summed E-state index contributed by atoms with van der Waals surface area (Å²) in [5.41, 5.74) is 0.614. The van der Waals surface area contributed by atoms with Crippen molar-refractivity contribution in [1.29, 1.82) is 0 Å². The molecule has 0 amide bonds. The Bertz CT molecular complexity index is 331. The molecule has 1 unspecified atom stereocenters. The SMILES string of the molecule is CCCCCCCCCCCCCCCCCCCCCCOC[SiH2]C1CCCCO1. The molecule has 3 heteroatoms. The van der Waals surface area contributed by atoms with Crippen LogP contribution in [0.5, 0.6) is 0 Å². The average molecular weight is 455 g/mol. The number of rotatable bonds is 24. The summed E-state index contributed by atoms with van der Waals surface area (Å²) in [5.74, 6) is 0. The average Bonchev–Trinajstić information content (AvgIpc) is 2.80. The first kappa shape index (κ1) is 29.2. The van der Waals surface area contributed by atoms with E-state index in [1.54, 1.807) is 0 Å². The van der Waals surface area contributed by atoms with E-state index in [1.165, 1.54) is 148 Å². The molecule has 0 aliphatic carbocycles. The van der Waals surface area contributed by atoms with Gasteiger partial charge in [0.1, 0.15) is 0 Å². The van der Waals surface area contributed by atoms with Gasteiger partial charge in [-0.05, 0) is 25.7 Å². The van der Waals surface area contributed by atoms with Gasteiger partial charge in [0.2, 0.25) is 0 Å². The normalized spacial score (nSPS) is 17.1. The van der Waals surface area contributed by atoms with E-state index < -0.39 is 0 Å². The predicted molar refractivity (Wildman–Crippen MR) is 141 cm³/mol. The van der Waals surface area contributed by atoms with E-state index in [1.807, 2.05) is 0 Å². The summed E-state index contributed by atoms with van der Waals surface area (Å²) in [5, 5.41) is 0. The third-order valence-electron chi connectivity index (χ3n) is 7.00. The first-order valence-electron chi connectivity index (χ1n) is 14.6. The molecule has 0 aromatic rings. The van der Waals surface area contributed by atoms with Crippen molar-refractivity contribution in [1.82, 2.24) is 0 Å². The van der Waals surface area contributed by atoms with Gasteiger partial charge in [0.15, 0.2) is 0 Å². The fourth-order valence-electron chi connectivity index (χ4n) is 4.81. The topological polar surface area (TPSA) is 18.5 Å². The van der Waals surface area contributed by atoms with Crippen LogP contribution in [0, 0.1) is 0 Å². The smallest absolute Gasteiger partial charge is 0.0860 e. The van der Waals surface area contributed by atoms with Crippen molar-refractivity contribution >= 4 is 9.52 Å². The minimum Gasteiger partial charge on any atom is -0.385 e. The van der Waals surface area contributed by atoms with Crippen molar-refractivity contribution < 1.29 is 9.47 Å². The van der Waals surface area contributed by atoms with Crippen LogP contribution in [0.1, 0.15) is 155 Å². The summed E-state index contributed by atoms with van der Waals surface area (Å²) in [4.78, 5) is 0. The second kappa shape index (κ2) is 24.8. The Morgan fingerprint density at radius 2 is 1.06 bits per heavy atom. The lowest BCUT2D eigenvalue weighted by molar-refractivity contribution is 0.0609. The molecule has 0 spiro atoms. The zero-order valence-electron chi connectivity index (χ0n) is 21.5. The minimum atomic E-state index is -0.150. The van der Waals surface area contributed by atoms with Crippen molar-refractivity contribution in [2.45, 2.75) is 160 Å². The van der Waals surface area contributed by atoms with E-state index >= 15 is 0 Å². The van der Waals surface area contributed by atoms with E-state index in [0.29, 0.717) is 5.73 Å². The minimum absolute atomic E-state index is 0.150. The molecule has 186 valence electrons. The Kier molecular flexibility index (Phi) is 23.3. The van der Waals surface area contributed by atoms with Crippen molar-refractivity contribution in [2.24, 2.45) is 0 Å². The second-order valence-electron chi connectivity index (χ2n) is 10.1. The maximum atomic E-state index is 5.86. The van der Waals surface area contributed by atoms with Gasteiger partial charge in [-0.1, -0.05) is 129 Å². The van der Waals surface area contributed by atoms with Gasteiger partial charge in [-0.25, -0.2) is 0 Å². The quantitative estimate of drug-likeness (QED) is 0.107. The molecule has 1 atom stereocenters. The fourth-order valence-corrected chi connectivity index (χ4v) is 6.36. The van der Waals surface area contributed by atoms with Crippen LogP contribution in [0.25, 0.3) is 0 Å². The Morgan fingerprint density at radius 3 is 1.48 bits per heavy atom. The summed E-state index contributed by atoms with van der Waals surface area (Å²) in [6.07, 6.45) is 33.9. The standard InChI is InChI=1S/C28H58O2Si/c1-2-3-4-5-6-7-8-9-10-11-12-13-14-15-16-17-18-19-20-22-25-29-27-31-28-24-21-23-26-30-28/h28H,2-27,31H2,1H3. The van der Waals surface area contributed by atoms with Crippen LogP contribution < -0.4 is 0 Å².